The Morgan fingerprint density at radius 3 is 2.50 bits per heavy atom. The molecule has 18 heavy (non-hydrogen) atoms. The number of hydrogen-bond donors (Lipinski definition) is 2. The van der Waals surface area contributed by atoms with Crippen molar-refractivity contribution in [1.82, 2.24) is 4.98 Å². The number of rotatable bonds is 5. The van der Waals surface area contributed by atoms with Gasteiger partial charge in [0, 0.05) is 24.6 Å². The molecular formula is C15H19N3. The Kier molecular flexibility index (Phi) is 4.31. The second-order valence-corrected chi connectivity index (χ2v) is 4.40. The lowest BCUT2D eigenvalue weighted by molar-refractivity contribution is 0.966. The van der Waals surface area contributed by atoms with Crippen LogP contribution in [0.1, 0.15) is 16.7 Å². The third kappa shape index (κ3) is 3.31. The number of nitrogens with two attached hydrogens (primary N) is 1. The fraction of sp³-hybridized carbons (Fsp3) is 0.267. The number of aryl methyl sites for hydroxylation is 1. The molecule has 3 N–H and O–H groups in total. The van der Waals surface area contributed by atoms with Gasteiger partial charge in [0.1, 0.15) is 0 Å². The summed E-state index contributed by atoms with van der Waals surface area (Å²) in [5.41, 5.74) is 10.4. The Hall–Kier alpha value is -1.87. The van der Waals surface area contributed by atoms with Crippen molar-refractivity contribution in [1.29, 1.82) is 0 Å². The molecule has 0 radical (unpaired) electrons. The van der Waals surface area contributed by atoms with E-state index >= 15 is 0 Å². The third-order valence-corrected chi connectivity index (χ3v) is 2.96. The third-order valence-electron chi connectivity index (χ3n) is 2.96. The highest BCUT2D eigenvalue weighted by molar-refractivity contribution is 5.49. The van der Waals surface area contributed by atoms with Crippen LogP contribution in [0.4, 0.5) is 5.69 Å². The van der Waals surface area contributed by atoms with Crippen LogP contribution in [0, 0.1) is 6.92 Å². The van der Waals surface area contributed by atoms with E-state index in [1.807, 2.05) is 12.3 Å². The zero-order valence-corrected chi connectivity index (χ0v) is 10.7. The topological polar surface area (TPSA) is 50.9 Å². The summed E-state index contributed by atoms with van der Waals surface area (Å²) in [6.45, 7) is 3.58. The van der Waals surface area contributed by atoms with Gasteiger partial charge < -0.3 is 11.1 Å². The van der Waals surface area contributed by atoms with E-state index in [2.05, 4.69) is 41.5 Å². The smallest absolute Gasteiger partial charge is 0.0403 e. The highest BCUT2D eigenvalue weighted by Crippen LogP contribution is 2.13. The number of nitrogens with one attached hydrogen (secondary N) is 1. The van der Waals surface area contributed by atoms with Gasteiger partial charge in [0.25, 0.3) is 0 Å². The number of nitrogens with zero attached hydrogens (tertiary/aromatic N) is 1. The summed E-state index contributed by atoms with van der Waals surface area (Å²) >= 11 is 0. The maximum atomic E-state index is 5.53. The molecule has 1 heterocycles. The summed E-state index contributed by atoms with van der Waals surface area (Å²) in [4.78, 5) is 4.08. The van der Waals surface area contributed by atoms with Crippen molar-refractivity contribution in [3.8, 4) is 0 Å². The number of aromatic nitrogens is 1. The predicted octanol–water partition coefficient (Wildman–Crippen LogP) is 2.50. The van der Waals surface area contributed by atoms with Crippen molar-refractivity contribution in [2.75, 3.05) is 11.9 Å². The molecule has 0 aliphatic heterocycles. The molecular weight excluding hydrogens is 222 g/mol. The molecule has 2 aromatic rings. The second-order valence-electron chi connectivity index (χ2n) is 4.40. The highest BCUT2D eigenvalue weighted by Gasteiger charge is 1.98. The Morgan fingerprint density at radius 2 is 1.83 bits per heavy atom. The molecule has 0 amide bonds. The van der Waals surface area contributed by atoms with E-state index in [9.17, 15) is 0 Å². The molecule has 0 unspecified atom stereocenters. The standard InChI is InChI=1S/C15H19N3/c1-12-10-17-9-7-15(12)18-11-14-4-2-13(3-5-14)6-8-16/h2-5,7,9-10H,6,8,11,16H2,1H3,(H,17,18). The molecule has 0 bridgehead atoms. The summed E-state index contributed by atoms with van der Waals surface area (Å²) in [5, 5.41) is 3.42. The molecule has 94 valence electrons. The van der Waals surface area contributed by atoms with Gasteiger partial charge in [-0.05, 0) is 42.6 Å². The van der Waals surface area contributed by atoms with Crippen LogP contribution < -0.4 is 11.1 Å². The minimum atomic E-state index is 0.702. The second kappa shape index (κ2) is 6.17. The Labute approximate surface area is 108 Å². The van der Waals surface area contributed by atoms with E-state index in [4.69, 9.17) is 5.73 Å². The Balaban J connectivity index is 1.96. The van der Waals surface area contributed by atoms with E-state index in [1.165, 1.54) is 11.1 Å². The largest absolute Gasteiger partial charge is 0.381 e. The summed E-state index contributed by atoms with van der Waals surface area (Å²) in [7, 11) is 0. The SMILES string of the molecule is Cc1cnccc1NCc1ccc(CCN)cc1. The van der Waals surface area contributed by atoms with Gasteiger partial charge in [-0.3, -0.25) is 4.98 Å². The lowest BCUT2D eigenvalue weighted by Crippen LogP contribution is -2.04. The van der Waals surface area contributed by atoms with Gasteiger partial charge in [-0.2, -0.15) is 0 Å². The molecule has 0 saturated carbocycles. The maximum absolute atomic E-state index is 5.53. The number of hydrogen-bond acceptors (Lipinski definition) is 3. The van der Waals surface area contributed by atoms with Crippen molar-refractivity contribution in [3.63, 3.8) is 0 Å². The summed E-state index contributed by atoms with van der Waals surface area (Å²) in [6, 6.07) is 10.6. The molecule has 0 aliphatic carbocycles. The van der Waals surface area contributed by atoms with E-state index in [1.54, 1.807) is 6.20 Å². The average Bonchev–Trinajstić information content (AvgIpc) is 2.40. The lowest BCUT2D eigenvalue weighted by atomic mass is 10.1. The Morgan fingerprint density at radius 1 is 1.11 bits per heavy atom. The first-order valence-corrected chi connectivity index (χ1v) is 6.22. The molecule has 0 spiro atoms. The van der Waals surface area contributed by atoms with Gasteiger partial charge >= 0.3 is 0 Å². The van der Waals surface area contributed by atoms with Crippen molar-refractivity contribution < 1.29 is 0 Å². The van der Waals surface area contributed by atoms with E-state index in [0.717, 1.165) is 24.2 Å². The first-order valence-electron chi connectivity index (χ1n) is 6.22. The zero-order chi connectivity index (χ0) is 12.8. The first-order chi connectivity index (χ1) is 8.79. The highest BCUT2D eigenvalue weighted by atomic mass is 14.9. The summed E-state index contributed by atoms with van der Waals surface area (Å²) in [6.07, 6.45) is 4.61. The molecule has 2 rings (SSSR count). The monoisotopic (exact) mass is 241 g/mol. The van der Waals surface area contributed by atoms with Crippen molar-refractivity contribution in [2.24, 2.45) is 5.73 Å². The van der Waals surface area contributed by atoms with E-state index < -0.39 is 0 Å². The van der Waals surface area contributed by atoms with Gasteiger partial charge in [-0.25, -0.2) is 0 Å². The lowest BCUT2D eigenvalue weighted by Gasteiger charge is -2.09. The van der Waals surface area contributed by atoms with Crippen LogP contribution in [0.15, 0.2) is 42.7 Å². The Bertz CT molecular complexity index is 491. The van der Waals surface area contributed by atoms with E-state index in [-0.39, 0.29) is 0 Å². The van der Waals surface area contributed by atoms with Crippen LogP contribution in [-0.2, 0) is 13.0 Å². The van der Waals surface area contributed by atoms with Gasteiger partial charge in [-0.1, -0.05) is 24.3 Å². The fourth-order valence-electron chi connectivity index (χ4n) is 1.86. The first kappa shape index (κ1) is 12.6. The van der Waals surface area contributed by atoms with Crippen molar-refractivity contribution >= 4 is 5.69 Å². The molecule has 3 heteroatoms. The van der Waals surface area contributed by atoms with Gasteiger partial charge in [0.2, 0.25) is 0 Å². The molecule has 1 aromatic carbocycles. The number of benzene rings is 1. The van der Waals surface area contributed by atoms with Crippen LogP contribution in [0.25, 0.3) is 0 Å². The molecule has 0 saturated heterocycles. The minimum absolute atomic E-state index is 0.702. The normalized spacial score (nSPS) is 10.3. The molecule has 0 aliphatic rings. The molecule has 0 fully saturated rings. The zero-order valence-electron chi connectivity index (χ0n) is 10.7. The molecule has 1 aromatic heterocycles. The summed E-state index contributed by atoms with van der Waals surface area (Å²) in [5.74, 6) is 0. The van der Waals surface area contributed by atoms with E-state index in [0.29, 0.717) is 6.54 Å². The van der Waals surface area contributed by atoms with Crippen molar-refractivity contribution in [2.45, 2.75) is 19.9 Å². The summed E-state index contributed by atoms with van der Waals surface area (Å²) < 4.78 is 0. The average molecular weight is 241 g/mol. The number of pyridine rings is 1. The maximum Gasteiger partial charge on any atom is 0.0403 e. The molecule has 0 atom stereocenters. The van der Waals surface area contributed by atoms with Crippen molar-refractivity contribution in [3.05, 3.63) is 59.4 Å². The fourth-order valence-corrected chi connectivity index (χ4v) is 1.86. The predicted molar refractivity (Wildman–Crippen MR) is 75.5 cm³/mol. The van der Waals surface area contributed by atoms with Gasteiger partial charge in [0.15, 0.2) is 0 Å². The van der Waals surface area contributed by atoms with Crippen LogP contribution in [0.2, 0.25) is 0 Å². The van der Waals surface area contributed by atoms with Crippen LogP contribution in [0.3, 0.4) is 0 Å². The van der Waals surface area contributed by atoms with Gasteiger partial charge in [0.05, 0.1) is 0 Å². The van der Waals surface area contributed by atoms with Crippen LogP contribution in [0.5, 0.6) is 0 Å². The minimum Gasteiger partial charge on any atom is -0.381 e. The van der Waals surface area contributed by atoms with Crippen LogP contribution >= 0.6 is 0 Å². The molecule has 3 nitrogen and oxygen atoms in total. The van der Waals surface area contributed by atoms with Crippen LogP contribution in [-0.4, -0.2) is 11.5 Å². The number of anilines is 1. The quantitative estimate of drug-likeness (QED) is 0.845. The van der Waals surface area contributed by atoms with Gasteiger partial charge in [-0.15, -0.1) is 0 Å².